The van der Waals surface area contributed by atoms with Crippen molar-refractivity contribution in [2.45, 2.75) is 6.04 Å². The fraction of sp³-hybridized carbons (Fsp3) is 0.429. The minimum atomic E-state index is -0.0695. The van der Waals surface area contributed by atoms with Crippen LogP contribution in [0.5, 0.6) is 0 Å². The Morgan fingerprint density at radius 3 is 3.14 bits per heavy atom. The van der Waals surface area contributed by atoms with E-state index in [1.54, 1.807) is 24.2 Å². The average Bonchev–Trinajstić information content (AvgIpc) is 2.74. The Morgan fingerprint density at radius 2 is 2.57 bits per heavy atom. The highest BCUT2D eigenvalue weighted by Gasteiger charge is 2.22. The number of carbonyl (C=O) groups is 1. The molecule has 78 valence electrons. The fourth-order valence-corrected chi connectivity index (χ4v) is 2.05. The minimum Gasteiger partial charge on any atom is -0.322 e. The summed E-state index contributed by atoms with van der Waals surface area (Å²) in [6.45, 7) is 0. The first-order chi connectivity index (χ1) is 6.36. The largest absolute Gasteiger partial charge is 0.322 e. The number of H-pyrrole nitrogens is 1. The van der Waals surface area contributed by atoms with Gasteiger partial charge in [-0.05, 0) is 0 Å². The molecular formula is C7H11ClN4OS. The van der Waals surface area contributed by atoms with E-state index in [4.69, 9.17) is 0 Å². The van der Waals surface area contributed by atoms with Gasteiger partial charge < -0.3 is 5.32 Å². The lowest BCUT2D eigenvalue weighted by Gasteiger charge is -2.07. The number of hydrogen-bond acceptors (Lipinski definition) is 4. The van der Waals surface area contributed by atoms with Crippen molar-refractivity contribution in [1.29, 1.82) is 0 Å². The molecule has 0 aliphatic carbocycles. The lowest BCUT2D eigenvalue weighted by atomic mass is 10.3. The highest BCUT2D eigenvalue weighted by atomic mass is 35.5. The van der Waals surface area contributed by atoms with Crippen LogP contribution in [0.3, 0.4) is 0 Å². The Hall–Kier alpha value is -0.720. The van der Waals surface area contributed by atoms with E-state index in [0.717, 1.165) is 11.6 Å². The Bertz CT molecular complexity index is 286. The Morgan fingerprint density at radius 1 is 1.71 bits per heavy atom. The Kier molecular flexibility index (Phi) is 4.24. The number of aromatic nitrogens is 2. The van der Waals surface area contributed by atoms with Gasteiger partial charge in [0.05, 0.1) is 17.9 Å². The number of amides is 1. The smallest absolute Gasteiger partial charge is 0.242 e. The van der Waals surface area contributed by atoms with Gasteiger partial charge in [-0.15, -0.1) is 24.2 Å². The molecule has 0 saturated carbocycles. The number of nitrogens with one attached hydrogen (secondary N) is 3. The van der Waals surface area contributed by atoms with Crippen LogP contribution < -0.4 is 10.6 Å². The quantitative estimate of drug-likeness (QED) is 0.694. The van der Waals surface area contributed by atoms with Gasteiger partial charge in [-0.25, -0.2) is 0 Å². The molecule has 0 bridgehead atoms. The number of hydrogen-bond donors (Lipinski definition) is 3. The van der Waals surface area contributed by atoms with Crippen molar-refractivity contribution in [1.82, 2.24) is 15.5 Å². The maximum Gasteiger partial charge on any atom is 0.242 e. The SMILES string of the molecule is Cl.O=C(Nc1cn[nH]c1)[C@H]1CSCN1. The molecule has 1 aliphatic heterocycles. The molecule has 0 radical (unpaired) electrons. The summed E-state index contributed by atoms with van der Waals surface area (Å²) in [5, 5.41) is 12.2. The van der Waals surface area contributed by atoms with Crippen LogP contribution >= 0.6 is 24.2 Å². The summed E-state index contributed by atoms with van der Waals surface area (Å²) in [6, 6.07) is -0.0695. The van der Waals surface area contributed by atoms with E-state index < -0.39 is 0 Å². The van der Waals surface area contributed by atoms with E-state index in [9.17, 15) is 4.79 Å². The van der Waals surface area contributed by atoms with Crippen molar-refractivity contribution in [3.63, 3.8) is 0 Å². The second kappa shape index (κ2) is 5.23. The first kappa shape index (κ1) is 11.4. The molecule has 1 fully saturated rings. The molecule has 2 heterocycles. The number of aromatic amines is 1. The van der Waals surface area contributed by atoms with E-state index >= 15 is 0 Å². The Balaban J connectivity index is 0.000000980. The van der Waals surface area contributed by atoms with Crippen molar-refractivity contribution in [3.8, 4) is 0 Å². The predicted molar refractivity (Wildman–Crippen MR) is 58.7 cm³/mol. The van der Waals surface area contributed by atoms with E-state index in [1.165, 1.54) is 0 Å². The maximum absolute atomic E-state index is 11.5. The highest BCUT2D eigenvalue weighted by molar-refractivity contribution is 7.99. The zero-order chi connectivity index (χ0) is 9.10. The van der Waals surface area contributed by atoms with Crippen LogP contribution in [0, 0.1) is 0 Å². The monoisotopic (exact) mass is 234 g/mol. The van der Waals surface area contributed by atoms with Crippen LogP contribution in [0.2, 0.25) is 0 Å². The van der Waals surface area contributed by atoms with Gasteiger partial charge in [-0.3, -0.25) is 15.2 Å². The van der Waals surface area contributed by atoms with Gasteiger partial charge in [0.1, 0.15) is 0 Å². The second-order valence-electron chi connectivity index (χ2n) is 2.75. The minimum absolute atomic E-state index is 0. The first-order valence-electron chi connectivity index (χ1n) is 3.97. The molecule has 0 aromatic carbocycles. The zero-order valence-corrected chi connectivity index (χ0v) is 8.95. The summed E-state index contributed by atoms with van der Waals surface area (Å²) >= 11 is 1.73. The summed E-state index contributed by atoms with van der Waals surface area (Å²) in [6.07, 6.45) is 3.24. The summed E-state index contributed by atoms with van der Waals surface area (Å²) in [5.41, 5.74) is 0.712. The van der Waals surface area contributed by atoms with Crippen LogP contribution in [0.25, 0.3) is 0 Å². The van der Waals surface area contributed by atoms with Gasteiger partial charge >= 0.3 is 0 Å². The third-order valence-electron chi connectivity index (χ3n) is 1.80. The number of halogens is 1. The maximum atomic E-state index is 11.5. The third kappa shape index (κ3) is 2.63. The predicted octanol–water partition coefficient (Wildman–Crippen LogP) is 0.432. The molecule has 1 aromatic heterocycles. The molecule has 3 N–H and O–H groups in total. The summed E-state index contributed by atoms with van der Waals surface area (Å²) in [5.74, 6) is 1.69. The molecule has 1 aliphatic rings. The van der Waals surface area contributed by atoms with Gasteiger partial charge in [-0.1, -0.05) is 0 Å². The highest BCUT2D eigenvalue weighted by Crippen LogP contribution is 2.11. The topological polar surface area (TPSA) is 69.8 Å². The molecule has 1 aromatic rings. The van der Waals surface area contributed by atoms with E-state index in [1.807, 2.05) is 0 Å². The van der Waals surface area contributed by atoms with E-state index in [-0.39, 0.29) is 24.4 Å². The van der Waals surface area contributed by atoms with Crippen molar-refractivity contribution < 1.29 is 4.79 Å². The Labute approximate surface area is 91.8 Å². The number of rotatable bonds is 2. The van der Waals surface area contributed by atoms with Crippen molar-refractivity contribution in [2.24, 2.45) is 0 Å². The van der Waals surface area contributed by atoms with Gasteiger partial charge in [0.2, 0.25) is 5.91 Å². The average molecular weight is 235 g/mol. The lowest BCUT2D eigenvalue weighted by Crippen LogP contribution is -2.37. The van der Waals surface area contributed by atoms with Crippen LogP contribution in [-0.4, -0.2) is 33.8 Å². The molecule has 2 rings (SSSR count). The molecule has 1 amide bonds. The first-order valence-corrected chi connectivity index (χ1v) is 5.12. The molecule has 0 unspecified atom stereocenters. The van der Waals surface area contributed by atoms with Crippen LogP contribution in [-0.2, 0) is 4.79 Å². The number of thioether (sulfide) groups is 1. The molecule has 5 nitrogen and oxygen atoms in total. The molecule has 1 saturated heterocycles. The van der Waals surface area contributed by atoms with Crippen LogP contribution in [0.1, 0.15) is 0 Å². The normalized spacial score (nSPS) is 20.1. The standard InChI is InChI=1S/C7H10N4OS.ClH/c12-7(6-3-13-4-8-6)11-5-1-9-10-2-5;/h1-2,6,8H,3-4H2,(H,9,10)(H,11,12);1H/t6-;/m1./s1. The van der Waals surface area contributed by atoms with Crippen molar-refractivity contribution in [3.05, 3.63) is 12.4 Å². The number of anilines is 1. The lowest BCUT2D eigenvalue weighted by molar-refractivity contribution is -0.117. The van der Waals surface area contributed by atoms with Crippen molar-refractivity contribution in [2.75, 3.05) is 16.9 Å². The van der Waals surface area contributed by atoms with Gasteiger partial charge in [-0.2, -0.15) is 5.10 Å². The second-order valence-corrected chi connectivity index (χ2v) is 3.78. The zero-order valence-electron chi connectivity index (χ0n) is 7.32. The summed E-state index contributed by atoms with van der Waals surface area (Å²) < 4.78 is 0. The van der Waals surface area contributed by atoms with E-state index in [0.29, 0.717) is 5.69 Å². The van der Waals surface area contributed by atoms with Crippen molar-refractivity contribution >= 4 is 35.8 Å². The van der Waals surface area contributed by atoms with Gasteiger partial charge in [0, 0.05) is 17.8 Å². The molecular weight excluding hydrogens is 224 g/mol. The fourth-order valence-electron chi connectivity index (χ4n) is 1.11. The van der Waals surface area contributed by atoms with Crippen LogP contribution in [0.4, 0.5) is 5.69 Å². The number of nitrogens with zero attached hydrogens (tertiary/aromatic N) is 1. The van der Waals surface area contributed by atoms with Gasteiger partial charge in [0.15, 0.2) is 0 Å². The third-order valence-corrected chi connectivity index (χ3v) is 2.74. The number of carbonyl (C=O) groups excluding carboxylic acids is 1. The summed E-state index contributed by atoms with van der Waals surface area (Å²) in [7, 11) is 0. The summed E-state index contributed by atoms with van der Waals surface area (Å²) in [4.78, 5) is 11.5. The molecule has 0 spiro atoms. The van der Waals surface area contributed by atoms with Crippen LogP contribution in [0.15, 0.2) is 12.4 Å². The molecule has 14 heavy (non-hydrogen) atoms. The van der Waals surface area contributed by atoms with E-state index in [2.05, 4.69) is 20.8 Å². The van der Waals surface area contributed by atoms with Gasteiger partial charge in [0.25, 0.3) is 0 Å². The molecule has 7 heteroatoms. The molecule has 1 atom stereocenters.